The van der Waals surface area contributed by atoms with Crippen molar-refractivity contribution in [3.63, 3.8) is 0 Å². The number of rotatable bonds is 8. The third-order valence-corrected chi connectivity index (χ3v) is 2.94. The molecule has 0 spiro atoms. The summed E-state index contributed by atoms with van der Waals surface area (Å²) in [5.74, 6) is -1.81. The normalized spacial score (nSPS) is 11.5. The van der Waals surface area contributed by atoms with Crippen LogP contribution in [0.1, 0.15) is 30.1 Å². The van der Waals surface area contributed by atoms with Crippen molar-refractivity contribution in [2.24, 2.45) is 0 Å². The Bertz CT molecular complexity index is 544. The lowest BCUT2D eigenvalue weighted by Crippen LogP contribution is -2.41. The summed E-state index contributed by atoms with van der Waals surface area (Å²) in [6.45, 7) is 1.95. The topological polar surface area (TPSA) is 105 Å². The van der Waals surface area contributed by atoms with E-state index >= 15 is 0 Å². The highest BCUT2D eigenvalue weighted by Crippen LogP contribution is 2.11. The molecule has 0 aliphatic heterocycles. The van der Waals surface area contributed by atoms with E-state index in [0.29, 0.717) is 12.1 Å². The van der Waals surface area contributed by atoms with E-state index in [2.05, 4.69) is 10.6 Å². The highest BCUT2D eigenvalue weighted by Gasteiger charge is 2.20. The molecule has 1 unspecified atom stereocenters. The molecule has 0 fully saturated rings. The summed E-state index contributed by atoms with van der Waals surface area (Å²) in [5.41, 5.74) is 0.765. The molecular weight excluding hydrogens is 288 g/mol. The van der Waals surface area contributed by atoms with E-state index in [1.165, 1.54) is 13.2 Å². The largest absolute Gasteiger partial charge is 0.480 e. The molecule has 0 radical (unpaired) electrons. The van der Waals surface area contributed by atoms with Crippen molar-refractivity contribution in [2.75, 3.05) is 19.0 Å². The number of methoxy groups -OCH3 is 1. The Kier molecular flexibility index (Phi) is 7.04. The SMILES string of the molecule is CCC(=O)Nc1cccc(C(=O)NC(CCOC)C(=O)O)c1. The first kappa shape index (κ1) is 17.6. The Morgan fingerprint density at radius 1 is 1.32 bits per heavy atom. The predicted molar refractivity (Wildman–Crippen MR) is 80.7 cm³/mol. The van der Waals surface area contributed by atoms with Crippen molar-refractivity contribution in [3.05, 3.63) is 29.8 Å². The number of benzene rings is 1. The van der Waals surface area contributed by atoms with Gasteiger partial charge < -0.3 is 20.5 Å². The first-order valence-electron chi connectivity index (χ1n) is 6.90. The average molecular weight is 308 g/mol. The summed E-state index contributed by atoms with van der Waals surface area (Å²) in [6, 6.07) is 5.29. The van der Waals surface area contributed by atoms with Crippen LogP contribution in [0, 0.1) is 0 Å². The fraction of sp³-hybridized carbons (Fsp3) is 0.400. The van der Waals surface area contributed by atoms with E-state index in [9.17, 15) is 14.4 Å². The van der Waals surface area contributed by atoms with Gasteiger partial charge in [0.25, 0.3) is 5.91 Å². The number of amides is 2. The first-order chi connectivity index (χ1) is 10.5. The third kappa shape index (κ3) is 5.53. The molecule has 1 atom stereocenters. The van der Waals surface area contributed by atoms with Gasteiger partial charge in [0.05, 0.1) is 0 Å². The second-order valence-corrected chi connectivity index (χ2v) is 4.63. The minimum absolute atomic E-state index is 0.166. The zero-order valence-corrected chi connectivity index (χ0v) is 12.6. The summed E-state index contributed by atoms with van der Waals surface area (Å²) < 4.78 is 4.82. The smallest absolute Gasteiger partial charge is 0.326 e. The van der Waals surface area contributed by atoms with Crippen LogP contribution in [0.5, 0.6) is 0 Å². The number of carboxylic acid groups (broad SMARTS) is 1. The van der Waals surface area contributed by atoms with Crippen LogP contribution in [-0.2, 0) is 14.3 Å². The lowest BCUT2D eigenvalue weighted by atomic mass is 10.1. The van der Waals surface area contributed by atoms with Crippen molar-refractivity contribution >= 4 is 23.5 Å². The molecule has 0 saturated heterocycles. The molecule has 7 nitrogen and oxygen atoms in total. The number of ether oxygens (including phenoxy) is 1. The van der Waals surface area contributed by atoms with Gasteiger partial charge in [-0.15, -0.1) is 0 Å². The van der Waals surface area contributed by atoms with Gasteiger partial charge in [0.15, 0.2) is 0 Å². The van der Waals surface area contributed by atoms with E-state index in [0.717, 1.165) is 0 Å². The second kappa shape index (κ2) is 8.78. The van der Waals surface area contributed by atoms with Gasteiger partial charge in [-0.1, -0.05) is 13.0 Å². The number of aliphatic carboxylic acids is 1. The Balaban J connectivity index is 2.77. The quantitative estimate of drug-likeness (QED) is 0.670. The van der Waals surface area contributed by atoms with Crippen LogP contribution in [0.3, 0.4) is 0 Å². The van der Waals surface area contributed by atoms with Gasteiger partial charge in [-0.2, -0.15) is 0 Å². The highest BCUT2D eigenvalue weighted by molar-refractivity contribution is 5.98. The lowest BCUT2D eigenvalue weighted by Gasteiger charge is -2.14. The predicted octanol–water partition coefficient (Wildman–Crippen LogP) is 1.25. The van der Waals surface area contributed by atoms with Crippen LogP contribution in [0.15, 0.2) is 24.3 Å². The zero-order chi connectivity index (χ0) is 16.5. The fourth-order valence-corrected chi connectivity index (χ4v) is 1.72. The van der Waals surface area contributed by atoms with Crippen molar-refractivity contribution in [3.8, 4) is 0 Å². The summed E-state index contributed by atoms with van der Waals surface area (Å²) in [6.07, 6.45) is 0.498. The van der Waals surface area contributed by atoms with Crippen LogP contribution in [0.2, 0.25) is 0 Å². The summed E-state index contributed by atoms with van der Waals surface area (Å²) in [5, 5.41) is 14.1. The van der Waals surface area contributed by atoms with Crippen molar-refractivity contribution in [1.82, 2.24) is 5.32 Å². The van der Waals surface area contributed by atoms with Gasteiger partial charge in [0.1, 0.15) is 6.04 Å². The summed E-state index contributed by atoms with van der Waals surface area (Å²) in [4.78, 5) is 34.5. The maximum atomic E-state index is 12.1. The third-order valence-electron chi connectivity index (χ3n) is 2.94. The van der Waals surface area contributed by atoms with E-state index in [1.54, 1.807) is 25.1 Å². The van der Waals surface area contributed by atoms with Crippen molar-refractivity contribution < 1.29 is 24.2 Å². The number of carboxylic acids is 1. The molecule has 0 aliphatic carbocycles. The maximum Gasteiger partial charge on any atom is 0.326 e. The molecule has 0 saturated carbocycles. The molecule has 1 aromatic carbocycles. The number of nitrogens with one attached hydrogen (secondary N) is 2. The Hall–Kier alpha value is -2.41. The molecule has 2 amide bonds. The first-order valence-corrected chi connectivity index (χ1v) is 6.90. The molecule has 1 aromatic rings. The monoisotopic (exact) mass is 308 g/mol. The zero-order valence-electron chi connectivity index (χ0n) is 12.6. The summed E-state index contributed by atoms with van der Waals surface area (Å²) >= 11 is 0. The highest BCUT2D eigenvalue weighted by atomic mass is 16.5. The molecule has 7 heteroatoms. The maximum absolute atomic E-state index is 12.1. The molecule has 120 valence electrons. The van der Waals surface area contributed by atoms with Gasteiger partial charge in [-0.25, -0.2) is 4.79 Å². The number of anilines is 1. The van der Waals surface area contributed by atoms with Crippen LogP contribution >= 0.6 is 0 Å². The molecule has 3 N–H and O–H groups in total. The van der Waals surface area contributed by atoms with Crippen LogP contribution < -0.4 is 10.6 Å². The number of carbonyl (C=O) groups excluding carboxylic acids is 2. The molecule has 1 rings (SSSR count). The van der Waals surface area contributed by atoms with Gasteiger partial charge >= 0.3 is 5.97 Å². The molecule has 0 heterocycles. The molecule has 22 heavy (non-hydrogen) atoms. The standard InChI is InChI=1S/C15H20N2O5/c1-3-13(18)16-11-6-4-5-10(9-11)14(19)17-12(15(20)21)7-8-22-2/h4-6,9,12H,3,7-8H2,1-2H3,(H,16,18)(H,17,19)(H,20,21). The molecule has 0 bridgehead atoms. The molecule has 0 aromatic heterocycles. The van der Waals surface area contributed by atoms with Gasteiger partial charge in [0.2, 0.25) is 5.91 Å². The number of carbonyl (C=O) groups is 3. The minimum Gasteiger partial charge on any atom is -0.480 e. The van der Waals surface area contributed by atoms with Crippen LogP contribution in [-0.4, -0.2) is 42.6 Å². The lowest BCUT2D eigenvalue weighted by molar-refractivity contribution is -0.139. The van der Waals surface area contributed by atoms with E-state index in [-0.39, 0.29) is 24.5 Å². The van der Waals surface area contributed by atoms with Gasteiger partial charge in [-0.3, -0.25) is 9.59 Å². The van der Waals surface area contributed by atoms with Crippen molar-refractivity contribution in [2.45, 2.75) is 25.8 Å². The van der Waals surface area contributed by atoms with E-state index < -0.39 is 17.9 Å². The Labute approximate surface area is 128 Å². The van der Waals surface area contributed by atoms with E-state index in [1.807, 2.05) is 0 Å². The van der Waals surface area contributed by atoms with Gasteiger partial charge in [0, 0.05) is 37.8 Å². The molecular formula is C15H20N2O5. The Morgan fingerprint density at radius 3 is 2.64 bits per heavy atom. The van der Waals surface area contributed by atoms with Crippen LogP contribution in [0.25, 0.3) is 0 Å². The fourth-order valence-electron chi connectivity index (χ4n) is 1.72. The number of hydrogen-bond donors (Lipinski definition) is 3. The second-order valence-electron chi connectivity index (χ2n) is 4.63. The van der Waals surface area contributed by atoms with Gasteiger partial charge in [-0.05, 0) is 18.2 Å². The molecule has 0 aliphatic rings. The summed E-state index contributed by atoms with van der Waals surface area (Å²) in [7, 11) is 1.46. The van der Waals surface area contributed by atoms with E-state index in [4.69, 9.17) is 9.84 Å². The average Bonchev–Trinajstić information content (AvgIpc) is 2.51. The Morgan fingerprint density at radius 2 is 2.05 bits per heavy atom. The number of hydrogen-bond acceptors (Lipinski definition) is 4. The minimum atomic E-state index is -1.12. The van der Waals surface area contributed by atoms with Crippen LogP contribution in [0.4, 0.5) is 5.69 Å². The van der Waals surface area contributed by atoms with Crippen molar-refractivity contribution in [1.29, 1.82) is 0 Å².